The van der Waals surface area contributed by atoms with Crippen LogP contribution in [0.2, 0.25) is 0 Å². The summed E-state index contributed by atoms with van der Waals surface area (Å²) in [6.45, 7) is 0. The zero-order chi connectivity index (χ0) is 22.5. The van der Waals surface area contributed by atoms with E-state index in [1.165, 1.54) is 38.4 Å². The van der Waals surface area contributed by atoms with E-state index in [9.17, 15) is 0 Å². The molecule has 0 bridgehead atoms. The number of nitrogens with one attached hydrogen (secondary N) is 1. The number of rotatable bonds is 3. The highest BCUT2D eigenvalue weighted by molar-refractivity contribution is 6.14. The van der Waals surface area contributed by atoms with Crippen molar-refractivity contribution in [3.05, 3.63) is 121 Å². The SMILES string of the molecule is C1=NC(c2ccccc2)NC(n2c3ccccc3c3cc4c(ccn4-c4ccccc4)cc32)=C1. The summed E-state index contributed by atoms with van der Waals surface area (Å²) in [5.74, 6) is 1.02. The topological polar surface area (TPSA) is 34.2 Å². The molecule has 0 radical (unpaired) electrons. The Kier molecular flexibility index (Phi) is 4.18. The largest absolute Gasteiger partial charge is 0.346 e. The van der Waals surface area contributed by atoms with Crippen LogP contribution in [0.1, 0.15) is 11.7 Å². The van der Waals surface area contributed by atoms with Crippen molar-refractivity contribution in [1.29, 1.82) is 0 Å². The first kappa shape index (κ1) is 18.9. The minimum atomic E-state index is -0.111. The lowest BCUT2D eigenvalue weighted by Gasteiger charge is -2.23. The molecule has 1 aliphatic rings. The van der Waals surface area contributed by atoms with Gasteiger partial charge in [0, 0.05) is 34.3 Å². The number of para-hydroxylation sites is 2. The molecule has 0 saturated heterocycles. The highest BCUT2D eigenvalue weighted by atomic mass is 15.2. The molecule has 4 aromatic carbocycles. The maximum Gasteiger partial charge on any atom is 0.145 e. The highest BCUT2D eigenvalue weighted by Gasteiger charge is 2.19. The molecule has 1 unspecified atom stereocenters. The number of aromatic nitrogens is 2. The minimum Gasteiger partial charge on any atom is -0.346 e. The van der Waals surface area contributed by atoms with Gasteiger partial charge in [0.1, 0.15) is 12.0 Å². The summed E-state index contributed by atoms with van der Waals surface area (Å²) in [6.07, 6.45) is 6.01. The molecular formula is C30H22N4. The first-order valence-electron chi connectivity index (χ1n) is 11.5. The quantitative estimate of drug-likeness (QED) is 0.320. The molecule has 0 spiro atoms. The van der Waals surface area contributed by atoms with Crippen LogP contribution < -0.4 is 5.32 Å². The van der Waals surface area contributed by atoms with Crippen LogP contribution >= 0.6 is 0 Å². The molecule has 0 amide bonds. The fourth-order valence-corrected chi connectivity index (χ4v) is 5.04. The molecule has 162 valence electrons. The van der Waals surface area contributed by atoms with Gasteiger partial charge in [-0.3, -0.25) is 9.56 Å². The van der Waals surface area contributed by atoms with Gasteiger partial charge in [0.15, 0.2) is 0 Å². The third-order valence-corrected chi connectivity index (χ3v) is 6.63. The smallest absolute Gasteiger partial charge is 0.145 e. The Morgan fingerprint density at radius 3 is 2.29 bits per heavy atom. The number of benzene rings is 4. The fraction of sp³-hybridized carbons (Fsp3) is 0.0333. The highest BCUT2D eigenvalue weighted by Crippen LogP contribution is 2.36. The standard InChI is InChI=1S/C30H22N4/c1-3-9-21(10-4-1)30-31-17-15-29(32-30)34-26-14-8-7-13-24(26)25-20-27-22(19-28(25)34)16-18-33(27)23-11-5-2-6-12-23/h1-20,30,32H. The summed E-state index contributed by atoms with van der Waals surface area (Å²) < 4.78 is 4.59. The number of hydrogen-bond acceptors (Lipinski definition) is 2. The zero-order valence-electron chi connectivity index (χ0n) is 18.5. The minimum absolute atomic E-state index is 0.111. The molecular weight excluding hydrogens is 416 g/mol. The summed E-state index contributed by atoms with van der Waals surface area (Å²) >= 11 is 0. The lowest BCUT2D eigenvalue weighted by atomic mass is 10.1. The molecule has 0 saturated carbocycles. The first-order valence-corrected chi connectivity index (χ1v) is 11.5. The molecule has 0 aliphatic carbocycles. The van der Waals surface area contributed by atoms with Gasteiger partial charge in [-0.15, -0.1) is 0 Å². The van der Waals surface area contributed by atoms with Crippen molar-refractivity contribution in [2.75, 3.05) is 0 Å². The van der Waals surface area contributed by atoms with Crippen LogP contribution in [0, 0.1) is 0 Å². The van der Waals surface area contributed by atoms with Gasteiger partial charge in [-0.05, 0) is 48.0 Å². The number of hydrogen-bond donors (Lipinski definition) is 1. The van der Waals surface area contributed by atoms with Crippen LogP contribution in [0.25, 0.3) is 44.2 Å². The molecule has 34 heavy (non-hydrogen) atoms. The Hall–Kier alpha value is -4.57. The van der Waals surface area contributed by atoms with E-state index >= 15 is 0 Å². The molecule has 4 heteroatoms. The van der Waals surface area contributed by atoms with Crippen LogP contribution in [-0.2, 0) is 0 Å². The van der Waals surface area contributed by atoms with Crippen molar-refractivity contribution in [3.63, 3.8) is 0 Å². The summed E-state index contributed by atoms with van der Waals surface area (Å²) in [5, 5.41) is 7.34. The average molecular weight is 439 g/mol. The Morgan fingerprint density at radius 2 is 1.44 bits per heavy atom. The van der Waals surface area contributed by atoms with Crippen LogP contribution in [0.5, 0.6) is 0 Å². The van der Waals surface area contributed by atoms with Crippen molar-refractivity contribution in [2.45, 2.75) is 6.17 Å². The van der Waals surface area contributed by atoms with Crippen molar-refractivity contribution < 1.29 is 0 Å². The normalized spacial score (nSPS) is 15.6. The molecule has 1 aliphatic heterocycles. The van der Waals surface area contributed by atoms with Crippen LogP contribution in [0.4, 0.5) is 0 Å². The molecule has 2 aromatic heterocycles. The number of nitrogens with zero attached hydrogens (tertiary/aromatic N) is 3. The second-order valence-corrected chi connectivity index (χ2v) is 8.61. The second-order valence-electron chi connectivity index (χ2n) is 8.61. The lowest BCUT2D eigenvalue weighted by Crippen LogP contribution is -2.24. The van der Waals surface area contributed by atoms with E-state index in [-0.39, 0.29) is 6.17 Å². The monoisotopic (exact) mass is 438 g/mol. The predicted octanol–water partition coefficient (Wildman–Crippen LogP) is 6.91. The van der Waals surface area contributed by atoms with Gasteiger partial charge in [0.2, 0.25) is 0 Å². The van der Waals surface area contributed by atoms with Crippen LogP contribution in [0.3, 0.4) is 0 Å². The molecule has 0 fully saturated rings. The maximum atomic E-state index is 4.68. The predicted molar refractivity (Wildman–Crippen MR) is 141 cm³/mol. The summed E-state index contributed by atoms with van der Waals surface area (Å²) in [7, 11) is 0. The fourth-order valence-electron chi connectivity index (χ4n) is 5.04. The average Bonchev–Trinajstić information content (AvgIpc) is 3.47. The van der Waals surface area contributed by atoms with E-state index in [1.54, 1.807) is 0 Å². The van der Waals surface area contributed by atoms with Crippen molar-refractivity contribution >= 4 is 44.7 Å². The van der Waals surface area contributed by atoms with Gasteiger partial charge >= 0.3 is 0 Å². The Labute approximate surface area is 197 Å². The second kappa shape index (κ2) is 7.49. The number of allylic oxidation sites excluding steroid dienone is 1. The molecule has 4 nitrogen and oxygen atoms in total. The Balaban J connectivity index is 1.44. The Bertz CT molecular complexity index is 1720. The molecule has 1 N–H and O–H groups in total. The van der Waals surface area contributed by atoms with Crippen LogP contribution in [0.15, 0.2) is 120 Å². The van der Waals surface area contributed by atoms with E-state index in [0.29, 0.717) is 0 Å². The Morgan fingerprint density at radius 1 is 0.676 bits per heavy atom. The maximum absolute atomic E-state index is 4.68. The first-order chi connectivity index (χ1) is 16.9. The van der Waals surface area contributed by atoms with Crippen molar-refractivity contribution in [3.8, 4) is 5.69 Å². The van der Waals surface area contributed by atoms with Gasteiger partial charge in [0.25, 0.3) is 0 Å². The van der Waals surface area contributed by atoms with E-state index < -0.39 is 0 Å². The van der Waals surface area contributed by atoms with E-state index in [2.05, 4.69) is 129 Å². The van der Waals surface area contributed by atoms with E-state index in [4.69, 9.17) is 0 Å². The van der Waals surface area contributed by atoms with Gasteiger partial charge < -0.3 is 9.88 Å². The number of aliphatic imine (C=N–C) groups is 1. The van der Waals surface area contributed by atoms with Crippen molar-refractivity contribution in [1.82, 2.24) is 14.5 Å². The number of fused-ring (bicyclic) bond motifs is 4. The van der Waals surface area contributed by atoms with Crippen molar-refractivity contribution in [2.24, 2.45) is 4.99 Å². The van der Waals surface area contributed by atoms with E-state index in [1.807, 2.05) is 12.3 Å². The molecule has 7 rings (SSSR count). The van der Waals surface area contributed by atoms with Gasteiger partial charge in [-0.2, -0.15) is 0 Å². The van der Waals surface area contributed by atoms with E-state index in [0.717, 1.165) is 11.4 Å². The van der Waals surface area contributed by atoms with Crippen LogP contribution in [-0.4, -0.2) is 15.3 Å². The zero-order valence-corrected chi connectivity index (χ0v) is 18.5. The third kappa shape index (κ3) is 2.89. The van der Waals surface area contributed by atoms with Gasteiger partial charge in [-0.1, -0.05) is 66.7 Å². The summed E-state index contributed by atoms with van der Waals surface area (Å²) in [4.78, 5) is 4.68. The molecule has 1 atom stereocenters. The molecule has 6 aromatic rings. The summed E-state index contributed by atoms with van der Waals surface area (Å²) in [5.41, 5.74) is 5.88. The third-order valence-electron chi connectivity index (χ3n) is 6.63. The van der Waals surface area contributed by atoms with Gasteiger partial charge in [-0.25, -0.2) is 0 Å². The lowest BCUT2D eigenvalue weighted by molar-refractivity contribution is 0.649. The summed E-state index contributed by atoms with van der Waals surface area (Å²) in [6, 6.07) is 36.3. The van der Waals surface area contributed by atoms with Gasteiger partial charge in [0.05, 0.1) is 16.6 Å². The molecule has 3 heterocycles.